The van der Waals surface area contributed by atoms with Gasteiger partial charge in [0.25, 0.3) is 0 Å². The molecule has 128 valence electrons. The van der Waals surface area contributed by atoms with E-state index < -0.39 is 11.9 Å². The highest BCUT2D eigenvalue weighted by Crippen LogP contribution is 2.28. The molecule has 0 saturated carbocycles. The van der Waals surface area contributed by atoms with E-state index in [1.165, 1.54) is 25.2 Å². The number of carbonyl (C=O) groups excluding carboxylic acids is 2. The summed E-state index contributed by atoms with van der Waals surface area (Å²) in [5, 5.41) is 8.63. The van der Waals surface area contributed by atoms with Gasteiger partial charge < -0.3 is 19.1 Å². The van der Waals surface area contributed by atoms with Crippen molar-refractivity contribution in [3.63, 3.8) is 0 Å². The molecular formula is C18H16N2O5. The molecule has 0 spiro atoms. The number of rotatable bonds is 5. The maximum Gasteiger partial charge on any atom is 0.355 e. The number of carbonyl (C=O) groups is 2. The maximum absolute atomic E-state index is 12.3. The first-order valence-corrected chi connectivity index (χ1v) is 7.27. The second kappa shape index (κ2) is 8.36. The van der Waals surface area contributed by atoms with Crippen molar-refractivity contribution in [2.24, 2.45) is 0 Å². The third kappa shape index (κ3) is 4.06. The Morgan fingerprint density at radius 2 is 1.92 bits per heavy atom. The monoisotopic (exact) mass is 340 g/mol. The lowest BCUT2D eigenvalue weighted by atomic mass is 10.1. The molecule has 1 aromatic carbocycles. The van der Waals surface area contributed by atoms with Crippen LogP contribution in [0.25, 0.3) is 0 Å². The van der Waals surface area contributed by atoms with Crippen LogP contribution in [-0.4, -0.2) is 32.8 Å². The quantitative estimate of drug-likeness (QED) is 0.758. The number of benzene rings is 1. The van der Waals surface area contributed by atoms with Gasteiger partial charge in [0.2, 0.25) is 0 Å². The van der Waals surface area contributed by atoms with Crippen LogP contribution in [0.15, 0.2) is 60.0 Å². The summed E-state index contributed by atoms with van der Waals surface area (Å²) in [6.07, 6.45) is 6.37. The number of hydrogen-bond acceptors (Lipinski definition) is 7. The Kier molecular flexibility index (Phi) is 5.96. The number of methoxy groups -OCH3 is 2. The SMILES string of the molecule is COC(=O)C1=C(C(=O)OC)N(c2cccc(OCC#N)c2)C=CC=C1. The van der Waals surface area contributed by atoms with Gasteiger partial charge >= 0.3 is 11.9 Å². The summed E-state index contributed by atoms with van der Waals surface area (Å²) < 4.78 is 14.9. The van der Waals surface area contributed by atoms with E-state index in [9.17, 15) is 9.59 Å². The predicted octanol–water partition coefficient (Wildman–Crippen LogP) is 2.08. The van der Waals surface area contributed by atoms with Crippen LogP contribution in [0.4, 0.5) is 5.69 Å². The Labute approximate surface area is 145 Å². The average Bonchev–Trinajstić information content (AvgIpc) is 2.88. The number of esters is 2. The van der Waals surface area contributed by atoms with Gasteiger partial charge in [0.05, 0.1) is 19.8 Å². The molecule has 1 aromatic rings. The largest absolute Gasteiger partial charge is 0.479 e. The highest BCUT2D eigenvalue weighted by molar-refractivity contribution is 6.05. The number of allylic oxidation sites excluding steroid dienone is 2. The molecule has 0 atom stereocenters. The number of ether oxygens (including phenoxy) is 3. The summed E-state index contributed by atoms with van der Waals surface area (Å²) in [5.41, 5.74) is 0.622. The maximum atomic E-state index is 12.3. The van der Waals surface area contributed by atoms with Gasteiger partial charge in [-0.3, -0.25) is 0 Å². The molecular weight excluding hydrogens is 324 g/mol. The molecule has 1 aliphatic heterocycles. The van der Waals surface area contributed by atoms with E-state index in [-0.39, 0.29) is 17.9 Å². The van der Waals surface area contributed by atoms with Crippen LogP contribution in [0.2, 0.25) is 0 Å². The van der Waals surface area contributed by atoms with Crippen molar-refractivity contribution in [3.8, 4) is 11.8 Å². The molecule has 0 aromatic heterocycles. The summed E-state index contributed by atoms with van der Waals surface area (Å²) in [6.45, 7) is -0.103. The Hall–Kier alpha value is -3.53. The zero-order chi connectivity index (χ0) is 18.2. The van der Waals surface area contributed by atoms with Gasteiger partial charge in [0.15, 0.2) is 6.61 Å². The van der Waals surface area contributed by atoms with Crippen LogP contribution in [0, 0.1) is 11.3 Å². The van der Waals surface area contributed by atoms with Crippen molar-refractivity contribution in [3.05, 3.63) is 60.0 Å². The minimum atomic E-state index is -0.694. The molecule has 0 bridgehead atoms. The van der Waals surface area contributed by atoms with Crippen LogP contribution in [-0.2, 0) is 19.1 Å². The van der Waals surface area contributed by atoms with E-state index in [1.807, 2.05) is 6.07 Å². The van der Waals surface area contributed by atoms with Gasteiger partial charge in [-0.1, -0.05) is 12.1 Å². The van der Waals surface area contributed by atoms with Crippen molar-refractivity contribution >= 4 is 17.6 Å². The number of nitrogens with zero attached hydrogens (tertiary/aromatic N) is 2. The molecule has 0 saturated heterocycles. The van der Waals surface area contributed by atoms with E-state index in [2.05, 4.69) is 0 Å². The fourth-order valence-corrected chi connectivity index (χ4v) is 2.20. The molecule has 7 nitrogen and oxygen atoms in total. The van der Waals surface area contributed by atoms with Gasteiger partial charge in [-0.2, -0.15) is 5.26 Å². The first kappa shape index (κ1) is 17.8. The van der Waals surface area contributed by atoms with Crippen LogP contribution in [0.5, 0.6) is 5.75 Å². The van der Waals surface area contributed by atoms with Crippen molar-refractivity contribution in [2.45, 2.75) is 0 Å². The van der Waals surface area contributed by atoms with Crippen molar-refractivity contribution in [1.82, 2.24) is 0 Å². The molecule has 25 heavy (non-hydrogen) atoms. The van der Waals surface area contributed by atoms with Gasteiger partial charge in [0.1, 0.15) is 17.5 Å². The smallest absolute Gasteiger partial charge is 0.355 e. The molecule has 0 amide bonds. The highest BCUT2D eigenvalue weighted by Gasteiger charge is 2.27. The lowest BCUT2D eigenvalue weighted by molar-refractivity contribution is -0.139. The standard InChI is InChI=1S/C18H16N2O5/c1-23-17(21)15-8-3-4-10-20(16(15)18(22)24-2)13-6-5-7-14(12-13)25-11-9-19/h3-8,10,12H,11H2,1-2H3. The third-order valence-corrected chi connectivity index (χ3v) is 3.29. The number of anilines is 1. The van der Waals surface area contributed by atoms with E-state index in [1.54, 1.807) is 42.6 Å². The molecule has 1 heterocycles. The van der Waals surface area contributed by atoms with Crippen LogP contribution in [0.3, 0.4) is 0 Å². The van der Waals surface area contributed by atoms with E-state index in [0.29, 0.717) is 11.4 Å². The van der Waals surface area contributed by atoms with Crippen LogP contribution >= 0.6 is 0 Å². The van der Waals surface area contributed by atoms with Gasteiger partial charge in [0, 0.05) is 18.0 Å². The Bertz CT molecular complexity index is 802. The lowest BCUT2D eigenvalue weighted by Gasteiger charge is -2.23. The van der Waals surface area contributed by atoms with Crippen LogP contribution < -0.4 is 9.64 Å². The van der Waals surface area contributed by atoms with Crippen molar-refractivity contribution < 1.29 is 23.8 Å². The number of hydrogen-bond donors (Lipinski definition) is 0. The Morgan fingerprint density at radius 1 is 1.16 bits per heavy atom. The molecule has 7 heteroatoms. The highest BCUT2D eigenvalue weighted by atomic mass is 16.5. The van der Waals surface area contributed by atoms with E-state index in [0.717, 1.165) is 0 Å². The normalized spacial score (nSPS) is 13.1. The molecule has 0 unspecified atom stereocenters. The molecule has 0 aliphatic carbocycles. The predicted molar refractivity (Wildman–Crippen MR) is 89.4 cm³/mol. The number of nitriles is 1. The van der Waals surface area contributed by atoms with Gasteiger partial charge in [-0.25, -0.2) is 9.59 Å². The Balaban J connectivity index is 2.55. The molecule has 0 N–H and O–H groups in total. The summed E-state index contributed by atoms with van der Waals surface area (Å²) in [4.78, 5) is 25.9. The molecule has 0 radical (unpaired) electrons. The first-order valence-electron chi connectivity index (χ1n) is 7.27. The van der Waals surface area contributed by atoms with Crippen molar-refractivity contribution in [1.29, 1.82) is 5.26 Å². The van der Waals surface area contributed by atoms with Crippen molar-refractivity contribution in [2.75, 3.05) is 25.7 Å². The molecule has 2 rings (SSSR count). The third-order valence-electron chi connectivity index (χ3n) is 3.29. The van der Waals surface area contributed by atoms with E-state index in [4.69, 9.17) is 19.5 Å². The summed E-state index contributed by atoms with van der Waals surface area (Å²) >= 11 is 0. The fourth-order valence-electron chi connectivity index (χ4n) is 2.20. The second-order valence-electron chi connectivity index (χ2n) is 4.76. The minimum Gasteiger partial charge on any atom is -0.479 e. The second-order valence-corrected chi connectivity index (χ2v) is 4.76. The first-order chi connectivity index (χ1) is 12.1. The van der Waals surface area contributed by atoms with E-state index >= 15 is 0 Å². The minimum absolute atomic E-state index is 0.0109. The zero-order valence-electron chi connectivity index (χ0n) is 13.8. The molecule has 1 aliphatic rings. The van der Waals surface area contributed by atoms with Gasteiger partial charge in [-0.15, -0.1) is 0 Å². The van der Waals surface area contributed by atoms with Crippen LogP contribution in [0.1, 0.15) is 0 Å². The summed E-state index contributed by atoms with van der Waals surface area (Å²) in [7, 11) is 2.46. The Morgan fingerprint density at radius 3 is 2.60 bits per heavy atom. The topological polar surface area (TPSA) is 88.9 Å². The fraction of sp³-hybridized carbons (Fsp3) is 0.167. The summed E-state index contributed by atoms with van der Waals surface area (Å²) in [5.74, 6) is -0.907. The molecule has 0 fully saturated rings. The summed E-state index contributed by atoms with van der Waals surface area (Å²) in [6, 6.07) is 8.65. The average molecular weight is 340 g/mol. The zero-order valence-corrected chi connectivity index (χ0v) is 13.8. The van der Waals surface area contributed by atoms with Gasteiger partial charge in [-0.05, 0) is 24.3 Å². The lowest BCUT2D eigenvalue weighted by Crippen LogP contribution is -2.26.